The Balaban J connectivity index is 1.63. The molecule has 2 amide bonds. The molecule has 2 aromatic rings. The van der Waals surface area contributed by atoms with Gasteiger partial charge in [-0.2, -0.15) is 0 Å². The van der Waals surface area contributed by atoms with Gasteiger partial charge in [0.05, 0.1) is 5.75 Å². The van der Waals surface area contributed by atoms with Gasteiger partial charge < -0.3 is 14.6 Å². The Kier molecular flexibility index (Phi) is 5.14. The molecule has 1 atom stereocenters. The van der Waals surface area contributed by atoms with Crippen molar-refractivity contribution >= 4 is 23.6 Å². The Morgan fingerprint density at radius 1 is 1.42 bits per heavy atom. The molecule has 0 aromatic carbocycles. The first kappa shape index (κ1) is 16.5. The fourth-order valence-electron chi connectivity index (χ4n) is 2.41. The van der Waals surface area contributed by atoms with Crippen LogP contribution < -0.4 is 5.32 Å². The standard InChI is InChI=1S/C16H18N4O3S/c1-11-9-19-14(21)5-8-20(11)15(22)13-4-3-12(23-13)10-24-16-17-6-2-7-18-16/h2-4,6-7,11H,5,8-10H2,1H3,(H,19,21). The molecule has 0 bridgehead atoms. The fourth-order valence-corrected chi connectivity index (χ4v) is 3.11. The summed E-state index contributed by atoms with van der Waals surface area (Å²) in [5.41, 5.74) is 0. The minimum absolute atomic E-state index is 0.0310. The maximum Gasteiger partial charge on any atom is 0.289 e. The zero-order valence-electron chi connectivity index (χ0n) is 13.3. The van der Waals surface area contributed by atoms with Gasteiger partial charge in [0, 0.05) is 37.9 Å². The summed E-state index contributed by atoms with van der Waals surface area (Å²) in [6.07, 6.45) is 3.68. The highest BCUT2D eigenvalue weighted by Crippen LogP contribution is 2.21. The van der Waals surface area contributed by atoms with Crippen LogP contribution in [0.5, 0.6) is 0 Å². The predicted molar refractivity (Wildman–Crippen MR) is 88.4 cm³/mol. The molecular formula is C16H18N4O3S. The van der Waals surface area contributed by atoms with Gasteiger partial charge in [-0.05, 0) is 25.1 Å². The maximum atomic E-state index is 12.6. The zero-order valence-corrected chi connectivity index (χ0v) is 14.1. The van der Waals surface area contributed by atoms with Gasteiger partial charge >= 0.3 is 0 Å². The SMILES string of the molecule is CC1CNC(=O)CCN1C(=O)c1ccc(CSc2ncccn2)o1. The highest BCUT2D eigenvalue weighted by Gasteiger charge is 2.27. The van der Waals surface area contributed by atoms with Crippen LogP contribution in [-0.2, 0) is 10.5 Å². The van der Waals surface area contributed by atoms with Crippen molar-refractivity contribution in [2.75, 3.05) is 13.1 Å². The van der Waals surface area contributed by atoms with Crippen molar-refractivity contribution in [2.45, 2.75) is 30.3 Å². The molecule has 0 radical (unpaired) electrons. The number of hydrogen-bond donors (Lipinski definition) is 1. The van der Waals surface area contributed by atoms with Gasteiger partial charge in [0.15, 0.2) is 10.9 Å². The molecule has 1 fully saturated rings. The van der Waals surface area contributed by atoms with Crippen LogP contribution in [0.15, 0.2) is 40.2 Å². The van der Waals surface area contributed by atoms with E-state index in [-0.39, 0.29) is 17.9 Å². The Morgan fingerprint density at radius 3 is 3.00 bits per heavy atom. The third-order valence-corrected chi connectivity index (χ3v) is 4.62. The number of amides is 2. The van der Waals surface area contributed by atoms with E-state index in [0.717, 1.165) is 0 Å². The molecule has 3 rings (SSSR count). The Hall–Kier alpha value is -2.35. The minimum Gasteiger partial charge on any atom is -0.455 e. The quantitative estimate of drug-likeness (QED) is 0.670. The number of hydrogen-bond acceptors (Lipinski definition) is 6. The van der Waals surface area contributed by atoms with E-state index in [9.17, 15) is 9.59 Å². The molecule has 0 saturated carbocycles. The normalized spacial score (nSPS) is 18.1. The highest BCUT2D eigenvalue weighted by atomic mass is 32.2. The third kappa shape index (κ3) is 3.94. The Labute approximate surface area is 143 Å². The summed E-state index contributed by atoms with van der Waals surface area (Å²) in [6, 6.07) is 5.16. The number of carbonyl (C=O) groups excluding carboxylic acids is 2. The van der Waals surface area contributed by atoms with E-state index in [0.29, 0.717) is 41.9 Å². The van der Waals surface area contributed by atoms with Crippen molar-refractivity contribution in [1.29, 1.82) is 0 Å². The summed E-state index contributed by atoms with van der Waals surface area (Å²) in [6.45, 7) is 2.77. The van der Waals surface area contributed by atoms with Gasteiger partial charge in [0.2, 0.25) is 5.91 Å². The van der Waals surface area contributed by atoms with Crippen molar-refractivity contribution in [2.24, 2.45) is 0 Å². The summed E-state index contributed by atoms with van der Waals surface area (Å²) in [5.74, 6) is 1.31. The molecule has 24 heavy (non-hydrogen) atoms. The van der Waals surface area contributed by atoms with Crippen molar-refractivity contribution in [1.82, 2.24) is 20.2 Å². The van der Waals surface area contributed by atoms with E-state index in [1.54, 1.807) is 35.5 Å². The molecule has 0 aliphatic carbocycles. The number of rotatable bonds is 4. The maximum absolute atomic E-state index is 12.6. The lowest BCUT2D eigenvalue weighted by molar-refractivity contribution is -0.120. The van der Waals surface area contributed by atoms with E-state index in [2.05, 4.69) is 15.3 Å². The van der Waals surface area contributed by atoms with Crippen LogP contribution in [-0.4, -0.2) is 45.8 Å². The second-order valence-corrected chi connectivity index (χ2v) is 6.43. The molecule has 0 spiro atoms. The van der Waals surface area contributed by atoms with Gasteiger partial charge in [-0.15, -0.1) is 0 Å². The van der Waals surface area contributed by atoms with Crippen LogP contribution in [0, 0.1) is 0 Å². The molecule has 1 unspecified atom stereocenters. The molecule has 1 aliphatic heterocycles. The molecule has 8 heteroatoms. The smallest absolute Gasteiger partial charge is 0.289 e. The van der Waals surface area contributed by atoms with E-state index >= 15 is 0 Å². The zero-order chi connectivity index (χ0) is 16.9. The minimum atomic E-state index is -0.189. The monoisotopic (exact) mass is 346 g/mol. The lowest BCUT2D eigenvalue weighted by Gasteiger charge is -2.25. The molecule has 7 nitrogen and oxygen atoms in total. The highest BCUT2D eigenvalue weighted by molar-refractivity contribution is 7.98. The first-order valence-corrected chi connectivity index (χ1v) is 8.68. The van der Waals surface area contributed by atoms with Gasteiger partial charge in [-0.3, -0.25) is 9.59 Å². The Bertz CT molecular complexity index is 719. The summed E-state index contributed by atoms with van der Waals surface area (Å²) in [7, 11) is 0. The lowest BCUT2D eigenvalue weighted by Crippen LogP contribution is -2.41. The van der Waals surface area contributed by atoms with Crippen molar-refractivity contribution in [3.05, 3.63) is 42.1 Å². The first-order chi connectivity index (χ1) is 11.6. The van der Waals surface area contributed by atoms with Crippen LogP contribution in [0.25, 0.3) is 0 Å². The molecule has 1 saturated heterocycles. The fraction of sp³-hybridized carbons (Fsp3) is 0.375. The summed E-state index contributed by atoms with van der Waals surface area (Å²) < 4.78 is 5.66. The second-order valence-electron chi connectivity index (χ2n) is 5.49. The van der Waals surface area contributed by atoms with Gasteiger partial charge in [-0.25, -0.2) is 9.97 Å². The van der Waals surface area contributed by atoms with Gasteiger partial charge in [-0.1, -0.05) is 11.8 Å². The number of thioether (sulfide) groups is 1. The lowest BCUT2D eigenvalue weighted by atomic mass is 10.2. The van der Waals surface area contributed by atoms with Crippen molar-refractivity contribution in [3.63, 3.8) is 0 Å². The van der Waals surface area contributed by atoms with Crippen LogP contribution >= 0.6 is 11.8 Å². The van der Waals surface area contributed by atoms with E-state index < -0.39 is 0 Å². The third-order valence-electron chi connectivity index (χ3n) is 3.73. The summed E-state index contributed by atoms with van der Waals surface area (Å²) in [4.78, 5) is 34.0. The van der Waals surface area contributed by atoms with Crippen molar-refractivity contribution in [3.8, 4) is 0 Å². The van der Waals surface area contributed by atoms with Crippen LogP contribution in [0.2, 0.25) is 0 Å². The first-order valence-electron chi connectivity index (χ1n) is 7.69. The van der Waals surface area contributed by atoms with Gasteiger partial charge in [0.25, 0.3) is 5.91 Å². The molecule has 1 aliphatic rings. The van der Waals surface area contributed by atoms with Gasteiger partial charge in [0.1, 0.15) is 5.76 Å². The van der Waals surface area contributed by atoms with E-state index in [1.807, 2.05) is 6.92 Å². The van der Waals surface area contributed by atoms with E-state index in [1.165, 1.54) is 11.8 Å². The number of carbonyl (C=O) groups is 2. The Morgan fingerprint density at radius 2 is 2.21 bits per heavy atom. The average Bonchev–Trinajstić information content (AvgIpc) is 3.01. The summed E-state index contributed by atoms with van der Waals surface area (Å²) in [5, 5.41) is 3.45. The number of nitrogens with zero attached hydrogens (tertiary/aromatic N) is 3. The molecule has 2 aromatic heterocycles. The van der Waals surface area contributed by atoms with Crippen LogP contribution in [0.3, 0.4) is 0 Å². The number of aromatic nitrogens is 2. The average molecular weight is 346 g/mol. The molecular weight excluding hydrogens is 328 g/mol. The van der Waals surface area contributed by atoms with Crippen LogP contribution in [0.4, 0.5) is 0 Å². The largest absolute Gasteiger partial charge is 0.455 e. The number of nitrogens with one attached hydrogen (secondary N) is 1. The number of furan rings is 1. The predicted octanol–water partition coefficient (Wildman–Crippen LogP) is 1.71. The molecule has 3 heterocycles. The van der Waals surface area contributed by atoms with E-state index in [4.69, 9.17) is 4.42 Å². The second kappa shape index (κ2) is 7.48. The summed E-state index contributed by atoms with van der Waals surface area (Å²) >= 11 is 1.44. The molecule has 126 valence electrons. The van der Waals surface area contributed by atoms with Crippen LogP contribution in [0.1, 0.15) is 29.7 Å². The topological polar surface area (TPSA) is 88.3 Å². The van der Waals surface area contributed by atoms with Crippen molar-refractivity contribution < 1.29 is 14.0 Å². The molecule has 1 N–H and O–H groups in total.